The van der Waals surface area contributed by atoms with Crippen LogP contribution in [0.4, 0.5) is 4.39 Å². The number of aliphatic carboxylic acids is 1. The summed E-state index contributed by atoms with van der Waals surface area (Å²) in [7, 11) is 0. The molecule has 2 nitrogen and oxygen atoms in total. The fraction of sp³-hybridized carbons (Fsp3) is 0.308. The maximum atomic E-state index is 13.4. The summed E-state index contributed by atoms with van der Waals surface area (Å²) in [5.74, 6) is -1.43. The first kappa shape index (κ1) is 12.4. The molecule has 0 radical (unpaired) electrons. The molecule has 0 amide bonds. The molecule has 1 N–H and O–H groups in total. The van der Waals surface area contributed by atoms with Crippen LogP contribution in [0, 0.1) is 11.2 Å². The van der Waals surface area contributed by atoms with Crippen LogP contribution >= 0.6 is 0 Å². The van der Waals surface area contributed by atoms with Gasteiger partial charge < -0.3 is 5.11 Å². The second-order valence-electron chi connectivity index (χ2n) is 4.63. The van der Waals surface area contributed by atoms with Gasteiger partial charge in [-0.3, -0.25) is 0 Å². The minimum absolute atomic E-state index is 0.192. The molecule has 3 heteroatoms. The van der Waals surface area contributed by atoms with Crippen LogP contribution in [0.5, 0.6) is 0 Å². The third-order valence-corrected chi connectivity index (χ3v) is 2.24. The van der Waals surface area contributed by atoms with E-state index in [4.69, 9.17) is 5.11 Å². The third kappa shape index (κ3) is 2.92. The van der Waals surface area contributed by atoms with Crippen LogP contribution in [0.1, 0.15) is 26.3 Å². The third-order valence-electron chi connectivity index (χ3n) is 2.24. The molecule has 0 saturated heterocycles. The van der Waals surface area contributed by atoms with Crippen molar-refractivity contribution >= 4 is 12.0 Å². The molecule has 86 valence electrons. The van der Waals surface area contributed by atoms with Gasteiger partial charge in [-0.2, -0.15) is 0 Å². The van der Waals surface area contributed by atoms with E-state index in [0.29, 0.717) is 5.56 Å². The summed E-state index contributed by atoms with van der Waals surface area (Å²) in [5.41, 5.74) is -0.0267. The van der Waals surface area contributed by atoms with Crippen molar-refractivity contribution in [3.05, 3.63) is 41.2 Å². The molecular formula is C13H15FO2. The quantitative estimate of drug-likeness (QED) is 0.779. The first-order valence-electron chi connectivity index (χ1n) is 5.02. The Morgan fingerprint density at radius 2 is 1.88 bits per heavy atom. The van der Waals surface area contributed by atoms with E-state index in [2.05, 4.69) is 0 Å². The lowest BCUT2D eigenvalue weighted by molar-refractivity contribution is -0.133. The molecule has 0 aliphatic rings. The smallest absolute Gasteiger partial charge is 0.332 e. The van der Waals surface area contributed by atoms with Crippen LogP contribution in [-0.2, 0) is 4.79 Å². The summed E-state index contributed by atoms with van der Waals surface area (Å²) < 4.78 is 13.4. The molecular weight excluding hydrogens is 207 g/mol. The van der Waals surface area contributed by atoms with Crippen molar-refractivity contribution in [3.63, 3.8) is 0 Å². The second kappa shape index (κ2) is 4.47. The lowest BCUT2D eigenvalue weighted by Gasteiger charge is -2.19. The molecule has 0 aliphatic carbocycles. The van der Waals surface area contributed by atoms with Gasteiger partial charge in [0.25, 0.3) is 0 Å². The monoisotopic (exact) mass is 222 g/mol. The van der Waals surface area contributed by atoms with Gasteiger partial charge in [-0.05, 0) is 17.6 Å². The largest absolute Gasteiger partial charge is 0.478 e. The number of hydrogen-bond donors (Lipinski definition) is 1. The Hall–Kier alpha value is -1.64. The highest BCUT2D eigenvalue weighted by Gasteiger charge is 2.23. The van der Waals surface area contributed by atoms with E-state index in [1.165, 1.54) is 12.1 Å². The lowest BCUT2D eigenvalue weighted by atomic mass is 9.85. The molecule has 0 atom stereocenters. The van der Waals surface area contributed by atoms with Crippen molar-refractivity contribution in [1.82, 2.24) is 0 Å². The molecule has 0 saturated carbocycles. The minimum Gasteiger partial charge on any atom is -0.478 e. The summed E-state index contributed by atoms with van der Waals surface area (Å²) in [4.78, 5) is 11.1. The molecule has 0 heterocycles. The van der Waals surface area contributed by atoms with Crippen LogP contribution in [0.25, 0.3) is 6.08 Å². The Kier molecular flexibility index (Phi) is 3.48. The maximum absolute atomic E-state index is 13.4. The van der Waals surface area contributed by atoms with Crippen LogP contribution in [0.2, 0.25) is 0 Å². The molecule has 1 aromatic rings. The Labute approximate surface area is 94.4 Å². The van der Waals surface area contributed by atoms with Crippen LogP contribution in [0.3, 0.4) is 0 Å². The van der Waals surface area contributed by atoms with Crippen molar-refractivity contribution in [2.45, 2.75) is 20.8 Å². The van der Waals surface area contributed by atoms with E-state index in [1.807, 2.05) is 0 Å². The Morgan fingerprint density at radius 3 is 2.31 bits per heavy atom. The molecule has 1 rings (SSSR count). The zero-order valence-electron chi connectivity index (χ0n) is 9.62. The second-order valence-corrected chi connectivity index (χ2v) is 4.63. The molecule has 16 heavy (non-hydrogen) atoms. The first-order chi connectivity index (χ1) is 7.32. The SMILES string of the molecule is CC(C)(C)/C(=C/c1ccccc1F)C(=O)O. The molecule has 1 aromatic carbocycles. The number of rotatable bonds is 2. The van der Waals surface area contributed by atoms with Crippen LogP contribution < -0.4 is 0 Å². The standard InChI is InChI=1S/C13H15FO2/c1-13(2,3)10(12(15)16)8-9-6-4-5-7-11(9)14/h4-8H,1-3H3,(H,15,16)/b10-8+. The first-order valence-corrected chi connectivity index (χ1v) is 5.02. The van der Waals surface area contributed by atoms with Crippen molar-refractivity contribution in [2.75, 3.05) is 0 Å². The van der Waals surface area contributed by atoms with Gasteiger partial charge in [0.1, 0.15) is 5.82 Å². The summed E-state index contributed by atoms with van der Waals surface area (Å²) in [6.45, 7) is 5.36. The van der Waals surface area contributed by atoms with Gasteiger partial charge in [0, 0.05) is 11.1 Å². The number of halogens is 1. The summed E-state index contributed by atoms with van der Waals surface area (Å²) in [6.07, 6.45) is 1.39. The van der Waals surface area contributed by atoms with Crippen molar-refractivity contribution < 1.29 is 14.3 Å². The average Bonchev–Trinajstić information content (AvgIpc) is 2.14. The molecule has 0 spiro atoms. The molecule has 0 fully saturated rings. The predicted octanol–water partition coefficient (Wildman–Crippen LogP) is 3.34. The highest BCUT2D eigenvalue weighted by Crippen LogP contribution is 2.27. The van der Waals surface area contributed by atoms with Gasteiger partial charge in [0.15, 0.2) is 0 Å². The highest BCUT2D eigenvalue weighted by molar-refractivity contribution is 5.93. The fourth-order valence-electron chi connectivity index (χ4n) is 1.35. The Morgan fingerprint density at radius 1 is 1.31 bits per heavy atom. The highest BCUT2D eigenvalue weighted by atomic mass is 19.1. The summed E-state index contributed by atoms with van der Waals surface area (Å²) in [6, 6.07) is 6.12. The van der Waals surface area contributed by atoms with Crippen molar-refractivity contribution in [2.24, 2.45) is 5.41 Å². The number of benzene rings is 1. The molecule has 0 aliphatic heterocycles. The molecule has 0 bridgehead atoms. The van der Waals surface area contributed by atoms with E-state index < -0.39 is 17.2 Å². The van der Waals surface area contributed by atoms with Gasteiger partial charge in [-0.25, -0.2) is 9.18 Å². The predicted molar refractivity (Wildman–Crippen MR) is 61.5 cm³/mol. The number of carbonyl (C=O) groups is 1. The number of carboxylic acids is 1. The normalized spacial score (nSPS) is 12.6. The zero-order chi connectivity index (χ0) is 12.3. The number of hydrogen-bond acceptors (Lipinski definition) is 1. The summed E-state index contributed by atoms with van der Waals surface area (Å²) >= 11 is 0. The molecule has 0 aromatic heterocycles. The van der Waals surface area contributed by atoms with E-state index in [0.717, 1.165) is 0 Å². The van der Waals surface area contributed by atoms with Crippen LogP contribution in [0.15, 0.2) is 29.8 Å². The Balaban J connectivity index is 3.24. The lowest BCUT2D eigenvalue weighted by Crippen LogP contribution is -2.17. The molecule has 0 unspecified atom stereocenters. The van der Waals surface area contributed by atoms with Gasteiger partial charge >= 0.3 is 5.97 Å². The van der Waals surface area contributed by atoms with E-state index in [-0.39, 0.29) is 5.57 Å². The summed E-state index contributed by atoms with van der Waals surface area (Å²) in [5, 5.41) is 9.07. The van der Waals surface area contributed by atoms with Crippen LogP contribution in [-0.4, -0.2) is 11.1 Å². The zero-order valence-corrected chi connectivity index (χ0v) is 9.62. The Bertz CT molecular complexity index is 428. The van der Waals surface area contributed by atoms with Gasteiger partial charge in [0.05, 0.1) is 0 Å². The minimum atomic E-state index is -1.02. The van der Waals surface area contributed by atoms with Gasteiger partial charge in [-0.1, -0.05) is 39.0 Å². The average molecular weight is 222 g/mol. The van der Waals surface area contributed by atoms with Crippen molar-refractivity contribution in [1.29, 1.82) is 0 Å². The van der Waals surface area contributed by atoms with E-state index >= 15 is 0 Å². The fourth-order valence-corrected chi connectivity index (χ4v) is 1.35. The van der Waals surface area contributed by atoms with E-state index in [9.17, 15) is 9.18 Å². The van der Waals surface area contributed by atoms with Gasteiger partial charge in [-0.15, -0.1) is 0 Å². The topological polar surface area (TPSA) is 37.3 Å². The maximum Gasteiger partial charge on any atom is 0.332 e. The van der Waals surface area contributed by atoms with Crippen molar-refractivity contribution in [3.8, 4) is 0 Å². The van der Waals surface area contributed by atoms with E-state index in [1.54, 1.807) is 39.0 Å². The number of carboxylic acid groups (broad SMARTS) is 1. The van der Waals surface area contributed by atoms with Gasteiger partial charge in [0.2, 0.25) is 0 Å².